The molecule has 3 aromatic rings. The number of benzene rings is 3. The van der Waals surface area contributed by atoms with Crippen molar-refractivity contribution in [3.05, 3.63) is 89.2 Å². The number of methoxy groups -OCH3 is 1. The Morgan fingerprint density at radius 1 is 1.03 bits per heavy atom. The van der Waals surface area contributed by atoms with Gasteiger partial charge in [0.15, 0.2) is 0 Å². The van der Waals surface area contributed by atoms with Crippen molar-refractivity contribution in [3.8, 4) is 5.75 Å². The Hall–Kier alpha value is -3.63. The standard InChI is InChI=1S/C27H29ClFN3O5S/c1-4-30-27(34)19(2)31(17-20-7-5-6-8-25(20)28)26(33)18-32(22-11-9-21(29)10-12-22)38(35,36)24-15-13-23(37-3)14-16-24/h5-16,19H,4,17-18H2,1-3H3,(H,30,34). The summed E-state index contributed by atoms with van der Waals surface area (Å²) >= 11 is 6.32. The van der Waals surface area contributed by atoms with Gasteiger partial charge in [-0.05, 0) is 74.0 Å². The Labute approximate surface area is 227 Å². The smallest absolute Gasteiger partial charge is 0.264 e. The second-order valence-electron chi connectivity index (χ2n) is 8.35. The van der Waals surface area contributed by atoms with Crippen LogP contribution in [0.4, 0.5) is 10.1 Å². The second-order valence-corrected chi connectivity index (χ2v) is 10.6. The van der Waals surface area contributed by atoms with Crippen LogP contribution in [0, 0.1) is 5.82 Å². The number of likely N-dealkylation sites (N-methyl/N-ethyl adjacent to an activating group) is 1. The Morgan fingerprint density at radius 2 is 1.66 bits per heavy atom. The van der Waals surface area contributed by atoms with E-state index in [0.29, 0.717) is 22.9 Å². The van der Waals surface area contributed by atoms with E-state index in [2.05, 4.69) is 5.32 Å². The summed E-state index contributed by atoms with van der Waals surface area (Å²) in [5.74, 6) is -1.16. The molecule has 0 saturated heterocycles. The minimum Gasteiger partial charge on any atom is -0.497 e. The Morgan fingerprint density at radius 3 is 2.24 bits per heavy atom. The molecule has 1 unspecified atom stereocenters. The maximum atomic E-state index is 13.7. The van der Waals surface area contributed by atoms with Gasteiger partial charge in [0.1, 0.15) is 24.2 Å². The van der Waals surface area contributed by atoms with Gasteiger partial charge in [-0.2, -0.15) is 0 Å². The van der Waals surface area contributed by atoms with Gasteiger partial charge < -0.3 is 15.0 Å². The fourth-order valence-corrected chi connectivity index (χ4v) is 5.34. The summed E-state index contributed by atoms with van der Waals surface area (Å²) in [6, 6.07) is 16.4. The van der Waals surface area contributed by atoms with Crippen LogP contribution < -0.4 is 14.4 Å². The van der Waals surface area contributed by atoms with E-state index in [4.69, 9.17) is 16.3 Å². The molecule has 0 aliphatic carbocycles. The molecule has 3 rings (SSSR count). The Kier molecular flexibility index (Phi) is 9.71. The van der Waals surface area contributed by atoms with Gasteiger partial charge >= 0.3 is 0 Å². The first-order chi connectivity index (χ1) is 18.1. The number of hydrogen-bond donors (Lipinski definition) is 1. The van der Waals surface area contributed by atoms with Crippen molar-refractivity contribution in [2.24, 2.45) is 0 Å². The molecule has 0 bridgehead atoms. The summed E-state index contributed by atoms with van der Waals surface area (Å²) in [5, 5.41) is 3.09. The molecule has 202 valence electrons. The summed E-state index contributed by atoms with van der Waals surface area (Å²) in [6.45, 7) is 2.98. The molecule has 2 amide bonds. The minimum absolute atomic E-state index is 0.0311. The van der Waals surface area contributed by atoms with E-state index in [1.54, 1.807) is 38.1 Å². The lowest BCUT2D eigenvalue weighted by Crippen LogP contribution is -2.51. The minimum atomic E-state index is -4.28. The van der Waals surface area contributed by atoms with Crippen molar-refractivity contribution >= 4 is 39.1 Å². The molecule has 0 aromatic heterocycles. The van der Waals surface area contributed by atoms with Crippen LogP contribution in [0.15, 0.2) is 77.7 Å². The van der Waals surface area contributed by atoms with E-state index in [0.717, 1.165) is 16.4 Å². The van der Waals surface area contributed by atoms with Crippen LogP contribution in [-0.2, 0) is 26.2 Å². The molecule has 11 heteroatoms. The van der Waals surface area contributed by atoms with E-state index < -0.39 is 40.2 Å². The topological polar surface area (TPSA) is 96.0 Å². The third-order valence-electron chi connectivity index (χ3n) is 5.86. The van der Waals surface area contributed by atoms with Crippen molar-refractivity contribution in [1.29, 1.82) is 0 Å². The zero-order valence-electron chi connectivity index (χ0n) is 21.2. The van der Waals surface area contributed by atoms with E-state index >= 15 is 0 Å². The molecule has 0 saturated carbocycles. The monoisotopic (exact) mass is 561 g/mol. The van der Waals surface area contributed by atoms with Gasteiger partial charge in [-0.15, -0.1) is 0 Å². The maximum Gasteiger partial charge on any atom is 0.264 e. The molecule has 0 heterocycles. The highest BCUT2D eigenvalue weighted by Crippen LogP contribution is 2.26. The predicted molar refractivity (Wildman–Crippen MR) is 144 cm³/mol. The van der Waals surface area contributed by atoms with Crippen LogP contribution in [-0.4, -0.2) is 51.4 Å². The molecule has 0 fully saturated rings. The summed E-state index contributed by atoms with van der Waals surface area (Å²) in [6.07, 6.45) is 0. The second kappa shape index (κ2) is 12.7. The average molecular weight is 562 g/mol. The van der Waals surface area contributed by atoms with Crippen LogP contribution in [0.25, 0.3) is 0 Å². The van der Waals surface area contributed by atoms with E-state index in [-0.39, 0.29) is 17.1 Å². The normalized spacial score (nSPS) is 11.9. The summed E-state index contributed by atoms with van der Waals surface area (Å²) in [5.41, 5.74) is 0.670. The molecule has 1 atom stereocenters. The van der Waals surface area contributed by atoms with Gasteiger partial charge in [-0.25, -0.2) is 12.8 Å². The van der Waals surface area contributed by atoms with Crippen molar-refractivity contribution in [2.45, 2.75) is 31.3 Å². The molecule has 38 heavy (non-hydrogen) atoms. The van der Waals surface area contributed by atoms with Gasteiger partial charge in [-0.1, -0.05) is 29.8 Å². The third-order valence-corrected chi connectivity index (χ3v) is 8.01. The van der Waals surface area contributed by atoms with Crippen molar-refractivity contribution < 1.29 is 27.1 Å². The molecular formula is C27H29ClFN3O5S. The first-order valence-electron chi connectivity index (χ1n) is 11.8. The van der Waals surface area contributed by atoms with E-state index in [1.165, 1.54) is 48.4 Å². The predicted octanol–water partition coefficient (Wildman–Crippen LogP) is 4.24. The number of nitrogens with zero attached hydrogens (tertiary/aromatic N) is 2. The van der Waals surface area contributed by atoms with Crippen LogP contribution in [0.1, 0.15) is 19.4 Å². The van der Waals surface area contributed by atoms with Gasteiger partial charge in [-0.3, -0.25) is 13.9 Å². The van der Waals surface area contributed by atoms with Crippen LogP contribution in [0.2, 0.25) is 5.02 Å². The zero-order chi connectivity index (χ0) is 27.9. The lowest BCUT2D eigenvalue weighted by molar-refractivity contribution is -0.139. The number of hydrogen-bond acceptors (Lipinski definition) is 5. The number of sulfonamides is 1. The van der Waals surface area contributed by atoms with Crippen molar-refractivity contribution in [3.63, 3.8) is 0 Å². The quantitative estimate of drug-likeness (QED) is 0.378. The number of amides is 2. The highest BCUT2D eigenvalue weighted by Gasteiger charge is 2.32. The average Bonchev–Trinajstić information content (AvgIpc) is 2.91. The van der Waals surface area contributed by atoms with Gasteiger partial charge in [0, 0.05) is 18.1 Å². The first-order valence-corrected chi connectivity index (χ1v) is 13.6. The zero-order valence-corrected chi connectivity index (χ0v) is 22.8. The largest absolute Gasteiger partial charge is 0.497 e. The Bertz CT molecular complexity index is 1370. The van der Waals surface area contributed by atoms with Gasteiger partial charge in [0.2, 0.25) is 11.8 Å². The van der Waals surface area contributed by atoms with E-state index in [9.17, 15) is 22.4 Å². The number of carbonyl (C=O) groups is 2. The van der Waals surface area contributed by atoms with Crippen LogP contribution in [0.3, 0.4) is 0 Å². The number of rotatable bonds is 11. The van der Waals surface area contributed by atoms with E-state index in [1.807, 2.05) is 0 Å². The Balaban J connectivity index is 2.03. The van der Waals surface area contributed by atoms with Crippen molar-refractivity contribution in [2.75, 3.05) is 24.5 Å². The highest BCUT2D eigenvalue weighted by atomic mass is 35.5. The maximum absolute atomic E-state index is 13.7. The summed E-state index contributed by atoms with van der Waals surface area (Å²) in [4.78, 5) is 27.6. The number of nitrogens with one attached hydrogen (secondary N) is 1. The third kappa shape index (κ3) is 6.81. The molecule has 0 aliphatic rings. The van der Waals surface area contributed by atoms with Crippen LogP contribution in [0.5, 0.6) is 5.75 Å². The number of ether oxygens (including phenoxy) is 1. The lowest BCUT2D eigenvalue weighted by Gasteiger charge is -2.32. The van der Waals surface area contributed by atoms with Crippen molar-refractivity contribution in [1.82, 2.24) is 10.2 Å². The molecule has 0 spiro atoms. The fraction of sp³-hybridized carbons (Fsp3) is 0.259. The fourth-order valence-electron chi connectivity index (χ4n) is 3.73. The number of halogens is 2. The number of anilines is 1. The summed E-state index contributed by atoms with van der Waals surface area (Å²) in [7, 11) is -2.82. The molecule has 8 nitrogen and oxygen atoms in total. The SMILES string of the molecule is CCNC(=O)C(C)N(Cc1ccccc1Cl)C(=O)CN(c1ccc(F)cc1)S(=O)(=O)c1ccc(OC)cc1. The number of carbonyl (C=O) groups excluding carboxylic acids is 2. The molecule has 3 aromatic carbocycles. The molecule has 0 aliphatic heterocycles. The molecule has 0 radical (unpaired) electrons. The lowest BCUT2D eigenvalue weighted by atomic mass is 10.1. The van der Waals surface area contributed by atoms with Crippen LogP contribution >= 0.6 is 11.6 Å². The van der Waals surface area contributed by atoms with Gasteiger partial charge in [0.05, 0.1) is 17.7 Å². The van der Waals surface area contributed by atoms with Gasteiger partial charge in [0.25, 0.3) is 10.0 Å². The first kappa shape index (κ1) is 28.9. The molecule has 1 N–H and O–H groups in total. The highest BCUT2D eigenvalue weighted by molar-refractivity contribution is 7.92. The summed E-state index contributed by atoms with van der Waals surface area (Å²) < 4.78 is 47.1. The molecular weight excluding hydrogens is 533 g/mol.